The van der Waals surface area contributed by atoms with Crippen LogP contribution in [0.2, 0.25) is 5.02 Å². The van der Waals surface area contributed by atoms with Gasteiger partial charge in [-0.2, -0.15) is 0 Å². The van der Waals surface area contributed by atoms with Gasteiger partial charge < -0.3 is 28.4 Å². The Morgan fingerprint density at radius 3 is 1.83 bits per heavy atom. The summed E-state index contributed by atoms with van der Waals surface area (Å²) in [5, 5.41) is 0.550. The lowest BCUT2D eigenvalue weighted by molar-refractivity contribution is -0.352. The molecule has 0 radical (unpaired) electrons. The maximum absolute atomic E-state index is 14.7. The van der Waals surface area contributed by atoms with Crippen LogP contribution in [0.1, 0.15) is 46.7 Å². The Labute approximate surface area is 314 Å². The Hall–Kier alpha value is -4.15. The predicted molar refractivity (Wildman–Crippen MR) is 199 cm³/mol. The number of fused-ring (bicyclic) bond motifs is 2. The van der Waals surface area contributed by atoms with Crippen LogP contribution < -0.4 is 4.74 Å². The summed E-state index contributed by atoms with van der Waals surface area (Å²) in [5.74, 6) is -0.847. The Balaban J connectivity index is 1.31. The van der Waals surface area contributed by atoms with E-state index < -0.39 is 42.5 Å². The molecule has 0 aromatic heterocycles. The molecular weight excluding hydrogens is 698 g/mol. The average molecular weight is 741 g/mol. The van der Waals surface area contributed by atoms with E-state index in [4.69, 9.17) is 40.0 Å². The molecule has 0 aliphatic carbocycles. The van der Waals surface area contributed by atoms with Crippen molar-refractivity contribution in [2.75, 3.05) is 13.2 Å². The van der Waals surface area contributed by atoms with Gasteiger partial charge in [-0.15, -0.1) is 0 Å². The molecule has 0 N–H and O–H groups in total. The zero-order valence-corrected chi connectivity index (χ0v) is 30.3. The lowest BCUT2D eigenvalue weighted by Crippen LogP contribution is -2.66. The minimum Gasteiger partial charge on any atom is -0.494 e. The van der Waals surface area contributed by atoms with Crippen molar-refractivity contribution < 1.29 is 37.2 Å². The van der Waals surface area contributed by atoms with E-state index in [2.05, 4.69) is 0 Å². The van der Waals surface area contributed by atoms with Gasteiger partial charge in [-0.25, -0.2) is 8.78 Å². The second-order valence-electron chi connectivity index (χ2n) is 13.5. The van der Waals surface area contributed by atoms with Gasteiger partial charge in [0.15, 0.2) is 0 Å². The quantitative estimate of drug-likeness (QED) is 0.100. The summed E-state index contributed by atoms with van der Waals surface area (Å²) in [4.78, 5) is 0. The predicted octanol–water partition coefficient (Wildman–Crippen LogP) is 9.69. The maximum atomic E-state index is 14.7. The van der Waals surface area contributed by atoms with Crippen LogP contribution in [-0.4, -0.2) is 43.6 Å². The Morgan fingerprint density at radius 2 is 1.26 bits per heavy atom. The molecule has 5 atom stereocenters. The van der Waals surface area contributed by atoms with Crippen molar-refractivity contribution in [3.63, 3.8) is 0 Å². The molecule has 5 aromatic carbocycles. The first-order valence-electron chi connectivity index (χ1n) is 18.0. The molecule has 2 bridgehead atoms. The van der Waals surface area contributed by atoms with Crippen LogP contribution >= 0.6 is 11.6 Å². The highest BCUT2D eigenvalue weighted by molar-refractivity contribution is 6.31. The summed E-state index contributed by atoms with van der Waals surface area (Å²) in [7, 11) is 0. The number of alkyl halides is 2. The molecule has 276 valence electrons. The van der Waals surface area contributed by atoms with Crippen LogP contribution in [0.3, 0.4) is 0 Å². The van der Waals surface area contributed by atoms with E-state index in [1.807, 2.05) is 134 Å². The van der Waals surface area contributed by atoms with Gasteiger partial charge >= 0.3 is 0 Å². The van der Waals surface area contributed by atoms with E-state index in [1.54, 1.807) is 6.07 Å². The fraction of sp³-hybridized carbons (Fsp3) is 0.318. The number of benzene rings is 5. The van der Waals surface area contributed by atoms with Crippen LogP contribution in [0.4, 0.5) is 8.78 Å². The van der Waals surface area contributed by atoms with Gasteiger partial charge in [-0.1, -0.05) is 121 Å². The van der Waals surface area contributed by atoms with Gasteiger partial charge in [0.05, 0.1) is 33.0 Å². The third-order valence-electron chi connectivity index (χ3n) is 9.78. The second kappa shape index (κ2) is 16.9. The second-order valence-corrected chi connectivity index (χ2v) is 13.9. The van der Waals surface area contributed by atoms with Gasteiger partial charge in [-0.3, -0.25) is 0 Å². The first-order chi connectivity index (χ1) is 25.9. The highest BCUT2D eigenvalue weighted by atomic mass is 35.5. The fourth-order valence-corrected chi connectivity index (χ4v) is 7.44. The molecule has 9 heteroatoms. The summed E-state index contributed by atoms with van der Waals surface area (Å²) in [6.45, 7) is 2.88. The SMILES string of the molecule is CCOc1ccc(Cc2cc([C@]34OC[C@](CC(F)F)(O3)[C@@H](OCc3ccccc3)[C@H](OCc3ccccc3)[C@H]4OCc3ccccc3)ccc2Cl)cc1. The molecule has 6 nitrogen and oxygen atoms in total. The minimum absolute atomic E-state index is 0.149. The monoisotopic (exact) mass is 740 g/mol. The van der Waals surface area contributed by atoms with E-state index >= 15 is 0 Å². The zero-order chi connectivity index (χ0) is 36.7. The van der Waals surface area contributed by atoms with Crippen LogP contribution in [0.25, 0.3) is 0 Å². The van der Waals surface area contributed by atoms with Gasteiger partial charge in [0.2, 0.25) is 12.2 Å². The maximum Gasteiger partial charge on any atom is 0.241 e. The summed E-state index contributed by atoms with van der Waals surface area (Å²) in [6, 6.07) is 42.5. The number of rotatable bonds is 16. The molecule has 0 amide bonds. The van der Waals surface area contributed by atoms with Crippen LogP contribution in [0.5, 0.6) is 5.75 Å². The van der Waals surface area contributed by atoms with Gasteiger partial charge in [0.1, 0.15) is 29.7 Å². The molecule has 7 rings (SSSR count). The normalized spacial score (nSPS) is 23.7. The standard InChI is InChI=1S/C44H43ClF2O6/c1-2-48-37-21-18-31(19-22-37)24-35-25-36(20-23-38(35)45)44-42(51-29-34-16-10-5-11-17-34)40(49-27-32-12-6-3-7-13-32)41(50-28-33-14-8-4-9-15-33)43(53-44,30-52-44)26-39(46)47/h3-23,25,39-42H,2,24,26-30H2,1H3/t40-,41-,42+,43-,44-/m0/s1. The highest BCUT2D eigenvalue weighted by Gasteiger charge is 2.70. The van der Waals surface area contributed by atoms with Crippen molar-refractivity contribution >= 4 is 11.6 Å². The molecule has 5 aromatic rings. The lowest BCUT2D eigenvalue weighted by Gasteiger charge is -2.51. The summed E-state index contributed by atoms with van der Waals surface area (Å²) in [5.41, 5.74) is 3.57. The summed E-state index contributed by atoms with van der Waals surface area (Å²) < 4.78 is 69.0. The van der Waals surface area contributed by atoms with Crippen LogP contribution in [0, 0.1) is 0 Å². The lowest BCUT2D eigenvalue weighted by atomic mass is 9.81. The minimum atomic E-state index is -2.71. The molecule has 0 unspecified atom stereocenters. The number of halogens is 3. The molecule has 0 spiro atoms. The summed E-state index contributed by atoms with van der Waals surface area (Å²) >= 11 is 6.83. The first-order valence-corrected chi connectivity index (χ1v) is 18.3. The van der Waals surface area contributed by atoms with E-state index in [0.29, 0.717) is 23.6 Å². The molecule has 2 fully saturated rings. The molecule has 2 saturated heterocycles. The van der Waals surface area contributed by atoms with Gasteiger partial charge in [-0.05, 0) is 65.4 Å². The highest BCUT2D eigenvalue weighted by Crippen LogP contribution is 2.55. The van der Waals surface area contributed by atoms with Crippen molar-refractivity contribution in [1.82, 2.24) is 0 Å². The van der Waals surface area contributed by atoms with Crippen molar-refractivity contribution in [3.8, 4) is 5.75 Å². The molecule has 53 heavy (non-hydrogen) atoms. The molecule has 0 saturated carbocycles. The van der Waals surface area contributed by atoms with E-state index in [1.165, 1.54) is 0 Å². The zero-order valence-electron chi connectivity index (χ0n) is 29.5. The number of hydrogen-bond acceptors (Lipinski definition) is 6. The Bertz CT molecular complexity index is 1900. The molecule has 2 aliphatic heterocycles. The molecule has 2 heterocycles. The first kappa shape index (κ1) is 37.2. The molecular formula is C44H43ClF2O6. The van der Waals surface area contributed by atoms with Crippen molar-refractivity contribution in [1.29, 1.82) is 0 Å². The topological polar surface area (TPSA) is 55.4 Å². The van der Waals surface area contributed by atoms with E-state index in [9.17, 15) is 8.78 Å². The molecule has 2 aliphatic rings. The van der Waals surface area contributed by atoms with Gasteiger partial charge in [0, 0.05) is 17.0 Å². The van der Waals surface area contributed by atoms with Crippen LogP contribution in [0.15, 0.2) is 133 Å². The third kappa shape index (κ3) is 8.49. The van der Waals surface area contributed by atoms with Crippen LogP contribution in [-0.2, 0) is 55.7 Å². The van der Waals surface area contributed by atoms with Crippen molar-refractivity contribution in [3.05, 3.63) is 172 Å². The van der Waals surface area contributed by atoms with Gasteiger partial charge in [0.25, 0.3) is 0 Å². The van der Waals surface area contributed by atoms with E-state index in [0.717, 1.165) is 33.6 Å². The van der Waals surface area contributed by atoms with Crippen molar-refractivity contribution in [2.24, 2.45) is 0 Å². The number of ether oxygens (including phenoxy) is 6. The summed E-state index contributed by atoms with van der Waals surface area (Å²) in [6.07, 6.45) is -5.65. The number of hydrogen-bond donors (Lipinski definition) is 0. The smallest absolute Gasteiger partial charge is 0.241 e. The largest absolute Gasteiger partial charge is 0.494 e. The third-order valence-corrected chi connectivity index (χ3v) is 10.2. The Kier molecular flexibility index (Phi) is 11.8. The Morgan fingerprint density at radius 1 is 0.698 bits per heavy atom. The average Bonchev–Trinajstić information content (AvgIpc) is 3.52. The van der Waals surface area contributed by atoms with Crippen molar-refractivity contribution in [2.45, 2.75) is 75.7 Å². The fourth-order valence-electron chi connectivity index (χ4n) is 7.26. The van der Waals surface area contributed by atoms with E-state index in [-0.39, 0.29) is 26.4 Å².